The first kappa shape index (κ1) is 13.3. The van der Waals surface area contributed by atoms with Crippen LogP contribution in [0.4, 0.5) is 5.82 Å². The van der Waals surface area contributed by atoms with Crippen LogP contribution in [0.3, 0.4) is 0 Å². The monoisotopic (exact) mass is 258 g/mol. The van der Waals surface area contributed by atoms with E-state index in [0.29, 0.717) is 11.4 Å². The number of nitrogens with zero attached hydrogens (tertiary/aromatic N) is 2. The van der Waals surface area contributed by atoms with Gasteiger partial charge in [0.25, 0.3) is 5.91 Å². The largest absolute Gasteiger partial charge is 0.305 e. The van der Waals surface area contributed by atoms with Gasteiger partial charge in [-0.1, -0.05) is 17.7 Å². The minimum absolute atomic E-state index is 0.150. The Balaban J connectivity index is 2.02. The summed E-state index contributed by atoms with van der Waals surface area (Å²) < 4.78 is 0. The van der Waals surface area contributed by atoms with Crippen LogP contribution >= 0.6 is 0 Å². The van der Waals surface area contributed by atoms with E-state index >= 15 is 0 Å². The lowest BCUT2D eigenvalue weighted by molar-refractivity contribution is 0.102. The third kappa shape index (κ3) is 3.66. The highest BCUT2D eigenvalue weighted by Crippen LogP contribution is 2.10. The van der Waals surface area contributed by atoms with E-state index in [1.807, 2.05) is 44.1 Å². The first-order chi connectivity index (χ1) is 9.04. The molecule has 0 aliphatic rings. The lowest BCUT2D eigenvalue weighted by Gasteiger charge is -2.05. The Morgan fingerprint density at radius 2 is 2.00 bits per heavy atom. The number of anilines is 1. The number of carbonyl (C=O) groups is 1. The van der Waals surface area contributed by atoms with Gasteiger partial charge in [-0.2, -0.15) is 5.10 Å². The zero-order chi connectivity index (χ0) is 13.8. The number of aryl methyl sites for hydroxylation is 1. The second-order valence-corrected chi connectivity index (χ2v) is 4.84. The molecule has 2 rings (SSSR count). The Bertz CT molecular complexity index is 557. The SMILES string of the molecule is Cc1ccc(C(=O)Nc2cc(CN(C)C)[nH]n2)cc1. The van der Waals surface area contributed by atoms with Crippen molar-refractivity contribution in [2.24, 2.45) is 0 Å². The molecule has 0 aliphatic carbocycles. The van der Waals surface area contributed by atoms with E-state index in [0.717, 1.165) is 17.8 Å². The topological polar surface area (TPSA) is 61.0 Å². The molecule has 0 fully saturated rings. The normalized spacial score (nSPS) is 10.7. The van der Waals surface area contributed by atoms with Gasteiger partial charge >= 0.3 is 0 Å². The molecule has 0 saturated carbocycles. The summed E-state index contributed by atoms with van der Waals surface area (Å²) in [5.41, 5.74) is 2.72. The Labute approximate surface area is 112 Å². The molecule has 0 radical (unpaired) electrons. The maximum Gasteiger partial charge on any atom is 0.256 e. The highest BCUT2D eigenvalue weighted by Gasteiger charge is 2.08. The minimum atomic E-state index is -0.150. The maximum atomic E-state index is 12.0. The van der Waals surface area contributed by atoms with Gasteiger partial charge in [-0.25, -0.2) is 0 Å². The van der Waals surface area contributed by atoms with Crippen LogP contribution in [0.1, 0.15) is 21.6 Å². The molecule has 0 saturated heterocycles. The first-order valence-corrected chi connectivity index (χ1v) is 6.11. The molecule has 19 heavy (non-hydrogen) atoms. The van der Waals surface area contributed by atoms with Crippen molar-refractivity contribution < 1.29 is 4.79 Å². The smallest absolute Gasteiger partial charge is 0.256 e. The molecule has 1 aromatic heterocycles. The van der Waals surface area contributed by atoms with Gasteiger partial charge in [-0.05, 0) is 33.2 Å². The zero-order valence-corrected chi connectivity index (χ0v) is 11.4. The molecule has 0 atom stereocenters. The lowest BCUT2D eigenvalue weighted by atomic mass is 10.1. The fourth-order valence-electron chi connectivity index (χ4n) is 1.74. The zero-order valence-electron chi connectivity index (χ0n) is 11.4. The van der Waals surface area contributed by atoms with Crippen molar-refractivity contribution in [3.63, 3.8) is 0 Å². The van der Waals surface area contributed by atoms with Gasteiger partial charge in [-0.15, -0.1) is 0 Å². The summed E-state index contributed by atoms with van der Waals surface area (Å²) in [5, 5.41) is 9.74. The van der Waals surface area contributed by atoms with Gasteiger partial charge in [0, 0.05) is 18.2 Å². The van der Waals surface area contributed by atoms with Crippen molar-refractivity contribution in [1.29, 1.82) is 0 Å². The predicted molar refractivity (Wildman–Crippen MR) is 75.1 cm³/mol. The summed E-state index contributed by atoms with van der Waals surface area (Å²) in [5.74, 6) is 0.394. The fraction of sp³-hybridized carbons (Fsp3) is 0.286. The Morgan fingerprint density at radius 3 is 2.63 bits per heavy atom. The second kappa shape index (κ2) is 5.67. The molecule has 0 spiro atoms. The number of carbonyl (C=O) groups excluding carboxylic acids is 1. The van der Waals surface area contributed by atoms with E-state index in [1.54, 1.807) is 12.1 Å². The molecular weight excluding hydrogens is 240 g/mol. The van der Waals surface area contributed by atoms with Crippen LogP contribution in [0.15, 0.2) is 30.3 Å². The van der Waals surface area contributed by atoms with Gasteiger partial charge in [-0.3, -0.25) is 9.89 Å². The molecule has 1 aromatic carbocycles. The van der Waals surface area contributed by atoms with E-state index in [4.69, 9.17) is 0 Å². The average Bonchev–Trinajstić information content (AvgIpc) is 2.76. The van der Waals surface area contributed by atoms with E-state index in [-0.39, 0.29) is 5.91 Å². The van der Waals surface area contributed by atoms with Crippen molar-refractivity contribution in [2.45, 2.75) is 13.5 Å². The molecule has 2 aromatic rings. The number of hydrogen-bond donors (Lipinski definition) is 2. The standard InChI is InChI=1S/C14H18N4O/c1-10-4-6-11(7-5-10)14(19)15-13-8-12(16-17-13)9-18(2)3/h4-8H,9H2,1-3H3,(H2,15,16,17,19). The Kier molecular flexibility index (Phi) is 3.97. The highest BCUT2D eigenvalue weighted by atomic mass is 16.1. The van der Waals surface area contributed by atoms with Gasteiger partial charge in [0.05, 0.1) is 5.69 Å². The van der Waals surface area contributed by atoms with Gasteiger partial charge in [0.1, 0.15) is 0 Å². The second-order valence-electron chi connectivity index (χ2n) is 4.84. The van der Waals surface area contributed by atoms with Gasteiger partial charge in [0.15, 0.2) is 5.82 Å². The molecular formula is C14H18N4O. The van der Waals surface area contributed by atoms with Crippen LogP contribution < -0.4 is 5.32 Å². The van der Waals surface area contributed by atoms with Crippen molar-refractivity contribution in [3.05, 3.63) is 47.2 Å². The molecule has 0 aliphatic heterocycles. The summed E-state index contributed by atoms with van der Waals surface area (Å²) in [7, 11) is 3.96. The van der Waals surface area contributed by atoms with Crippen LogP contribution in [0.25, 0.3) is 0 Å². The molecule has 2 N–H and O–H groups in total. The summed E-state index contributed by atoms with van der Waals surface area (Å²) in [4.78, 5) is 14.0. The molecule has 0 unspecified atom stereocenters. The Hall–Kier alpha value is -2.14. The number of amides is 1. The molecule has 1 amide bonds. The molecule has 100 valence electrons. The molecule has 0 bridgehead atoms. The number of aromatic nitrogens is 2. The number of nitrogens with one attached hydrogen (secondary N) is 2. The van der Waals surface area contributed by atoms with Crippen LogP contribution in [0, 0.1) is 6.92 Å². The summed E-state index contributed by atoms with van der Waals surface area (Å²) in [6.07, 6.45) is 0. The summed E-state index contributed by atoms with van der Waals surface area (Å²) in [6, 6.07) is 9.27. The third-order valence-electron chi connectivity index (χ3n) is 2.67. The van der Waals surface area contributed by atoms with Crippen LogP contribution in [0.2, 0.25) is 0 Å². The van der Waals surface area contributed by atoms with Crippen molar-refractivity contribution >= 4 is 11.7 Å². The number of rotatable bonds is 4. The summed E-state index contributed by atoms with van der Waals surface area (Å²) in [6.45, 7) is 2.75. The number of aromatic amines is 1. The molecule has 5 heteroatoms. The minimum Gasteiger partial charge on any atom is -0.305 e. The molecule has 5 nitrogen and oxygen atoms in total. The number of benzene rings is 1. The van der Waals surface area contributed by atoms with Crippen molar-refractivity contribution in [3.8, 4) is 0 Å². The van der Waals surface area contributed by atoms with Crippen LogP contribution in [-0.4, -0.2) is 35.1 Å². The van der Waals surface area contributed by atoms with Gasteiger partial charge in [0.2, 0.25) is 0 Å². The summed E-state index contributed by atoms with van der Waals surface area (Å²) >= 11 is 0. The Morgan fingerprint density at radius 1 is 1.32 bits per heavy atom. The highest BCUT2D eigenvalue weighted by molar-refractivity contribution is 6.03. The van der Waals surface area contributed by atoms with Crippen molar-refractivity contribution in [2.75, 3.05) is 19.4 Å². The van der Waals surface area contributed by atoms with E-state index < -0.39 is 0 Å². The quantitative estimate of drug-likeness (QED) is 0.882. The van der Waals surface area contributed by atoms with E-state index in [9.17, 15) is 4.79 Å². The van der Waals surface area contributed by atoms with Gasteiger partial charge < -0.3 is 10.2 Å². The average molecular weight is 258 g/mol. The van der Waals surface area contributed by atoms with Crippen molar-refractivity contribution in [1.82, 2.24) is 15.1 Å². The number of H-pyrrole nitrogens is 1. The first-order valence-electron chi connectivity index (χ1n) is 6.11. The van der Waals surface area contributed by atoms with Crippen LogP contribution in [0.5, 0.6) is 0 Å². The lowest BCUT2D eigenvalue weighted by Crippen LogP contribution is -2.12. The maximum absolute atomic E-state index is 12.0. The van der Waals surface area contributed by atoms with E-state index in [2.05, 4.69) is 15.5 Å². The predicted octanol–water partition coefficient (Wildman–Crippen LogP) is 2.03. The van der Waals surface area contributed by atoms with Crippen LogP contribution in [-0.2, 0) is 6.54 Å². The van der Waals surface area contributed by atoms with E-state index in [1.165, 1.54) is 0 Å². The third-order valence-corrected chi connectivity index (χ3v) is 2.67. The molecule has 1 heterocycles. The number of hydrogen-bond acceptors (Lipinski definition) is 3. The fourth-order valence-corrected chi connectivity index (χ4v) is 1.74.